The third-order valence-corrected chi connectivity index (χ3v) is 6.14. The fourth-order valence-corrected chi connectivity index (χ4v) is 4.84. The standard InChI is InChI=1S/C26H36N2/c1-9-23-13-12-20(6)25(22(23)8)28-15-14-27(26(28)17(2)3)24-19(5)11-10-18(4)16-21(24)7/h10-15,17,26H,9,16H2,1-8H3. The number of aryl methyl sites for hydroxylation is 2. The van der Waals surface area contributed by atoms with Gasteiger partial charge in [0.2, 0.25) is 0 Å². The lowest BCUT2D eigenvalue weighted by atomic mass is 9.98. The fourth-order valence-electron chi connectivity index (χ4n) is 4.84. The van der Waals surface area contributed by atoms with Gasteiger partial charge in [-0.25, -0.2) is 0 Å². The second-order valence-electron chi connectivity index (χ2n) is 8.81. The molecular weight excluding hydrogens is 340 g/mol. The predicted molar refractivity (Wildman–Crippen MR) is 122 cm³/mol. The quantitative estimate of drug-likeness (QED) is 0.557. The minimum Gasteiger partial charge on any atom is -0.325 e. The van der Waals surface area contributed by atoms with E-state index in [0.717, 1.165) is 12.8 Å². The van der Waals surface area contributed by atoms with Crippen LogP contribution in [0.15, 0.2) is 59.1 Å². The van der Waals surface area contributed by atoms with E-state index in [-0.39, 0.29) is 6.17 Å². The van der Waals surface area contributed by atoms with Crippen LogP contribution in [0.1, 0.15) is 64.7 Å². The molecule has 1 aliphatic heterocycles. The van der Waals surface area contributed by atoms with Crippen molar-refractivity contribution in [3.63, 3.8) is 0 Å². The van der Waals surface area contributed by atoms with E-state index in [9.17, 15) is 0 Å². The van der Waals surface area contributed by atoms with Gasteiger partial charge in [0.05, 0.1) is 0 Å². The average Bonchev–Trinajstić information content (AvgIpc) is 2.99. The molecule has 150 valence electrons. The van der Waals surface area contributed by atoms with Crippen molar-refractivity contribution in [1.29, 1.82) is 0 Å². The lowest BCUT2D eigenvalue weighted by Gasteiger charge is -2.39. The summed E-state index contributed by atoms with van der Waals surface area (Å²) in [5.74, 6) is 0.490. The molecule has 0 aromatic heterocycles. The van der Waals surface area contributed by atoms with Gasteiger partial charge in [0.1, 0.15) is 6.17 Å². The zero-order chi connectivity index (χ0) is 20.6. The van der Waals surface area contributed by atoms with Crippen molar-refractivity contribution in [3.8, 4) is 0 Å². The van der Waals surface area contributed by atoms with Crippen LogP contribution in [0.5, 0.6) is 0 Å². The molecule has 0 spiro atoms. The van der Waals surface area contributed by atoms with E-state index in [4.69, 9.17) is 0 Å². The molecule has 1 aromatic carbocycles. The van der Waals surface area contributed by atoms with Gasteiger partial charge in [-0.2, -0.15) is 0 Å². The molecule has 0 saturated heterocycles. The van der Waals surface area contributed by atoms with Gasteiger partial charge in [-0.3, -0.25) is 0 Å². The van der Waals surface area contributed by atoms with Crippen LogP contribution in [0, 0.1) is 19.8 Å². The molecular formula is C26H36N2. The maximum atomic E-state index is 2.51. The third kappa shape index (κ3) is 3.57. The second kappa shape index (κ2) is 8.03. The van der Waals surface area contributed by atoms with Gasteiger partial charge in [-0.15, -0.1) is 0 Å². The zero-order valence-corrected chi connectivity index (χ0v) is 18.9. The summed E-state index contributed by atoms with van der Waals surface area (Å²) in [4.78, 5) is 5.02. The molecule has 0 radical (unpaired) electrons. The van der Waals surface area contributed by atoms with Crippen LogP contribution < -0.4 is 4.90 Å². The molecule has 28 heavy (non-hydrogen) atoms. The van der Waals surface area contributed by atoms with E-state index in [2.05, 4.69) is 102 Å². The smallest absolute Gasteiger partial charge is 0.112 e. The Labute approximate surface area is 171 Å². The molecule has 0 amide bonds. The second-order valence-corrected chi connectivity index (χ2v) is 8.81. The molecule has 0 N–H and O–H groups in total. The highest BCUT2D eigenvalue weighted by Crippen LogP contribution is 2.39. The molecule has 1 aliphatic carbocycles. The van der Waals surface area contributed by atoms with Crippen molar-refractivity contribution in [3.05, 3.63) is 75.8 Å². The van der Waals surface area contributed by atoms with Crippen LogP contribution in [0.4, 0.5) is 5.69 Å². The molecule has 0 fully saturated rings. The Morgan fingerprint density at radius 2 is 1.64 bits per heavy atom. The van der Waals surface area contributed by atoms with Gasteiger partial charge in [0.25, 0.3) is 0 Å². The van der Waals surface area contributed by atoms with Gasteiger partial charge >= 0.3 is 0 Å². The van der Waals surface area contributed by atoms with Crippen LogP contribution >= 0.6 is 0 Å². The summed E-state index contributed by atoms with van der Waals surface area (Å²) in [5.41, 5.74) is 11.2. The number of nitrogens with zero attached hydrogens (tertiary/aromatic N) is 2. The summed E-state index contributed by atoms with van der Waals surface area (Å²) in [5, 5.41) is 0. The Morgan fingerprint density at radius 3 is 2.29 bits per heavy atom. The minimum absolute atomic E-state index is 0.288. The number of hydrogen-bond acceptors (Lipinski definition) is 2. The number of allylic oxidation sites excluding steroid dienone is 5. The van der Waals surface area contributed by atoms with Gasteiger partial charge < -0.3 is 9.80 Å². The van der Waals surface area contributed by atoms with Crippen molar-refractivity contribution < 1.29 is 0 Å². The molecule has 3 rings (SSSR count). The Balaban J connectivity index is 2.08. The maximum Gasteiger partial charge on any atom is 0.112 e. The van der Waals surface area contributed by atoms with Crippen LogP contribution in [-0.2, 0) is 6.42 Å². The van der Waals surface area contributed by atoms with E-state index in [1.807, 2.05) is 0 Å². The molecule has 1 atom stereocenters. The van der Waals surface area contributed by atoms with Gasteiger partial charge in [0, 0.05) is 23.8 Å². The van der Waals surface area contributed by atoms with Crippen molar-refractivity contribution in [2.24, 2.45) is 5.92 Å². The first-order valence-corrected chi connectivity index (χ1v) is 10.6. The van der Waals surface area contributed by atoms with Crippen LogP contribution in [0.2, 0.25) is 0 Å². The van der Waals surface area contributed by atoms with E-state index >= 15 is 0 Å². The zero-order valence-electron chi connectivity index (χ0n) is 18.9. The van der Waals surface area contributed by atoms with E-state index in [1.54, 1.807) is 0 Å². The predicted octanol–water partition coefficient (Wildman–Crippen LogP) is 7.01. The summed E-state index contributed by atoms with van der Waals surface area (Å²) >= 11 is 0. The van der Waals surface area contributed by atoms with Gasteiger partial charge in [-0.1, -0.05) is 50.6 Å². The lowest BCUT2D eigenvalue weighted by molar-refractivity contribution is 0.292. The Bertz CT molecular complexity index is 880. The van der Waals surface area contributed by atoms with Gasteiger partial charge in [-0.05, 0) is 81.2 Å². The SMILES string of the molecule is CCc1ccc(C)c(N2C=CN(C3=C(C)CC(C)=CC=C3C)C2C(C)C)c1C. The highest BCUT2D eigenvalue weighted by Gasteiger charge is 2.34. The van der Waals surface area contributed by atoms with E-state index in [0.29, 0.717) is 5.92 Å². The van der Waals surface area contributed by atoms with Crippen molar-refractivity contribution in [1.82, 2.24) is 4.90 Å². The normalized spacial score (nSPS) is 20.1. The fraction of sp³-hybridized carbons (Fsp3) is 0.462. The molecule has 1 unspecified atom stereocenters. The monoisotopic (exact) mass is 376 g/mol. The summed E-state index contributed by atoms with van der Waals surface area (Å²) in [6.45, 7) is 18.2. The molecule has 2 heteroatoms. The maximum absolute atomic E-state index is 2.51. The largest absolute Gasteiger partial charge is 0.325 e. The summed E-state index contributed by atoms with van der Waals surface area (Å²) in [6.07, 6.45) is 11.5. The number of anilines is 1. The number of hydrogen-bond donors (Lipinski definition) is 0. The van der Waals surface area contributed by atoms with Crippen molar-refractivity contribution in [2.45, 2.75) is 74.4 Å². The molecule has 1 aromatic rings. The highest BCUT2D eigenvalue weighted by atomic mass is 15.4. The van der Waals surface area contributed by atoms with Crippen molar-refractivity contribution >= 4 is 5.69 Å². The minimum atomic E-state index is 0.288. The van der Waals surface area contributed by atoms with E-state index in [1.165, 1.54) is 44.8 Å². The van der Waals surface area contributed by atoms with Crippen LogP contribution in [-0.4, -0.2) is 11.1 Å². The molecule has 0 saturated carbocycles. The lowest BCUT2D eigenvalue weighted by Crippen LogP contribution is -2.43. The Kier molecular flexibility index (Phi) is 5.88. The number of rotatable bonds is 4. The third-order valence-electron chi connectivity index (χ3n) is 6.14. The summed E-state index contributed by atoms with van der Waals surface area (Å²) < 4.78 is 0. The van der Waals surface area contributed by atoms with Crippen LogP contribution in [0.3, 0.4) is 0 Å². The van der Waals surface area contributed by atoms with Crippen LogP contribution in [0.25, 0.3) is 0 Å². The molecule has 2 nitrogen and oxygen atoms in total. The Hall–Kier alpha value is -2.22. The average molecular weight is 377 g/mol. The first-order valence-electron chi connectivity index (χ1n) is 10.6. The molecule has 0 bridgehead atoms. The summed E-state index contributed by atoms with van der Waals surface area (Å²) in [6, 6.07) is 4.57. The number of benzene rings is 1. The molecule has 2 aliphatic rings. The molecule has 1 heterocycles. The highest BCUT2D eigenvalue weighted by molar-refractivity contribution is 5.65. The topological polar surface area (TPSA) is 6.48 Å². The van der Waals surface area contributed by atoms with Gasteiger partial charge in [0.15, 0.2) is 0 Å². The summed E-state index contributed by atoms with van der Waals surface area (Å²) in [7, 11) is 0. The van der Waals surface area contributed by atoms with E-state index < -0.39 is 0 Å². The first-order chi connectivity index (χ1) is 13.3. The Morgan fingerprint density at radius 1 is 0.964 bits per heavy atom. The van der Waals surface area contributed by atoms with Crippen molar-refractivity contribution in [2.75, 3.05) is 4.90 Å². The first kappa shape index (κ1) is 20.5.